The van der Waals surface area contributed by atoms with Gasteiger partial charge in [-0.3, -0.25) is 4.79 Å². The van der Waals surface area contributed by atoms with Gasteiger partial charge in [0.25, 0.3) is 0 Å². The molecule has 1 aromatic heterocycles. The van der Waals surface area contributed by atoms with Crippen molar-refractivity contribution in [2.24, 2.45) is 0 Å². The van der Waals surface area contributed by atoms with Crippen LogP contribution in [0.15, 0.2) is 35.7 Å². The van der Waals surface area contributed by atoms with Crippen molar-refractivity contribution in [3.05, 3.63) is 52.0 Å². The molecule has 22 heavy (non-hydrogen) atoms. The van der Waals surface area contributed by atoms with E-state index in [-0.39, 0.29) is 11.9 Å². The SMILES string of the molecule is Cc1csc(C2CCCCN2C(=O)CCc2ccccc2)n1. The summed E-state index contributed by atoms with van der Waals surface area (Å²) in [5.41, 5.74) is 2.29. The third-order valence-corrected chi connectivity index (χ3v) is 5.28. The lowest BCUT2D eigenvalue weighted by molar-refractivity contribution is -0.135. The van der Waals surface area contributed by atoms with Crippen LogP contribution < -0.4 is 0 Å². The van der Waals surface area contributed by atoms with Crippen molar-refractivity contribution in [3.63, 3.8) is 0 Å². The molecule has 1 aliphatic rings. The molecule has 0 radical (unpaired) electrons. The number of amides is 1. The highest BCUT2D eigenvalue weighted by Gasteiger charge is 2.29. The molecular weight excluding hydrogens is 292 g/mol. The van der Waals surface area contributed by atoms with E-state index in [1.54, 1.807) is 11.3 Å². The summed E-state index contributed by atoms with van der Waals surface area (Å²) in [6.45, 7) is 2.89. The first-order valence-electron chi connectivity index (χ1n) is 7.99. The van der Waals surface area contributed by atoms with Crippen molar-refractivity contribution in [1.29, 1.82) is 0 Å². The maximum absolute atomic E-state index is 12.7. The Bertz CT molecular complexity index is 623. The van der Waals surface area contributed by atoms with Crippen LogP contribution >= 0.6 is 11.3 Å². The summed E-state index contributed by atoms with van der Waals surface area (Å²) < 4.78 is 0. The smallest absolute Gasteiger partial charge is 0.223 e. The van der Waals surface area contributed by atoms with Gasteiger partial charge in [0.15, 0.2) is 0 Å². The topological polar surface area (TPSA) is 33.2 Å². The largest absolute Gasteiger partial charge is 0.333 e. The van der Waals surface area contributed by atoms with E-state index < -0.39 is 0 Å². The molecule has 1 saturated heterocycles. The average molecular weight is 314 g/mol. The summed E-state index contributed by atoms with van der Waals surface area (Å²) in [5, 5.41) is 3.18. The maximum atomic E-state index is 12.7. The van der Waals surface area contributed by atoms with Crippen LogP contribution in [0, 0.1) is 6.92 Å². The molecule has 3 rings (SSSR count). The standard InChI is InChI=1S/C18H22N2OS/c1-14-13-22-18(19-14)16-9-5-6-12-20(16)17(21)11-10-15-7-3-2-4-8-15/h2-4,7-8,13,16H,5-6,9-12H2,1H3. The third-order valence-electron chi connectivity index (χ3n) is 4.22. The van der Waals surface area contributed by atoms with E-state index in [2.05, 4.69) is 27.4 Å². The minimum atomic E-state index is 0.190. The maximum Gasteiger partial charge on any atom is 0.223 e. The second-order valence-electron chi connectivity index (χ2n) is 5.91. The van der Waals surface area contributed by atoms with Crippen molar-refractivity contribution < 1.29 is 4.79 Å². The van der Waals surface area contributed by atoms with Gasteiger partial charge in [-0.05, 0) is 38.2 Å². The number of thiazole rings is 1. The number of carbonyl (C=O) groups is 1. The number of aromatic nitrogens is 1. The summed E-state index contributed by atoms with van der Waals surface area (Å²) in [6, 6.07) is 10.4. The van der Waals surface area contributed by atoms with Crippen LogP contribution in [0.1, 0.15) is 48.0 Å². The molecule has 0 N–H and O–H groups in total. The molecule has 2 aromatic rings. The van der Waals surface area contributed by atoms with Gasteiger partial charge in [-0.25, -0.2) is 4.98 Å². The van der Waals surface area contributed by atoms with Crippen molar-refractivity contribution in [2.75, 3.05) is 6.54 Å². The number of aryl methyl sites for hydroxylation is 2. The number of piperidine rings is 1. The van der Waals surface area contributed by atoms with Crippen molar-refractivity contribution in [3.8, 4) is 0 Å². The Morgan fingerprint density at radius 2 is 2.14 bits per heavy atom. The first-order valence-corrected chi connectivity index (χ1v) is 8.87. The molecule has 0 spiro atoms. The van der Waals surface area contributed by atoms with E-state index in [4.69, 9.17) is 0 Å². The van der Waals surface area contributed by atoms with Gasteiger partial charge < -0.3 is 4.90 Å². The molecule has 1 unspecified atom stereocenters. The Balaban J connectivity index is 1.66. The molecular formula is C18H22N2OS. The summed E-state index contributed by atoms with van der Waals surface area (Å²) in [4.78, 5) is 19.3. The first kappa shape index (κ1) is 15.2. The summed E-state index contributed by atoms with van der Waals surface area (Å²) in [5.74, 6) is 0.265. The average Bonchev–Trinajstić information content (AvgIpc) is 3.00. The quantitative estimate of drug-likeness (QED) is 0.850. The van der Waals surface area contributed by atoms with Crippen molar-refractivity contribution in [2.45, 2.75) is 45.1 Å². The van der Waals surface area contributed by atoms with E-state index in [0.717, 1.165) is 36.5 Å². The van der Waals surface area contributed by atoms with E-state index in [0.29, 0.717) is 6.42 Å². The van der Waals surface area contributed by atoms with Crippen LogP contribution in [0.3, 0.4) is 0 Å². The summed E-state index contributed by atoms with van der Waals surface area (Å²) >= 11 is 1.69. The predicted octanol–water partition coefficient (Wildman–Crippen LogP) is 4.14. The minimum Gasteiger partial charge on any atom is -0.333 e. The lowest BCUT2D eigenvalue weighted by Crippen LogP contribution is -2.38. The zero-order valence-corrected chi connectivity index (χ0v) is 13.8. The highest BCUT2D eigenvalue weighted by molar-refractivity contribution is 7.09. The van der Waals surface area contributed by atoms with Crippen LogP contribution in [0.2, 0.25) is 0 Å². The van der Waals surface area contributed by atoms with Gasteiger partial charge in [-0.15, -0.1) is 11.3 Å². The van der Waals surface area contributed by atoms with Crippen molar-refractivity contribution >= 4 is 17.2 Å². The molecule has 3 nitrogen and oxygen atoms in total. The second kappa shape index (κ2) is 7.05. The number of carbonyl (C=O) groups excluding carboxylic acids is 1. The first-order chi connectivity index (χ1) is 10.7. The Labute approximate surface area is 136 Å². The third kappa shape index (κ3) is 3.55. The number of nitrogens with zero attached hydrogens (tertiary/aromatic N) is 2. The lowest BCUT2D eigenvalue weighted by Gasteiger charge is -2.34. The zero-order chi connectivity index (χ0) is 15.4. The number of hydrogen-bond donors (Lipinski definition) is 0. The molecule has 1 atom stereocenters. The Morgan fingerprint density at radius 1 is 1.32 bits per heavy atom. The van der Waals surface area contributed by atoms with E-state index in [1.165, 1.54) is 12.0 Å². The van der Waals surface area contributed by atoms with E-state index in [9.17, 15) is 4.79 Å². The number of hydrogen-bond acceptors (Lipinski definition) is 3. The zero-order valence-electron chi connectivity index (χ0n) is 13.0. The molecule has 1 aliphatic heterocycles. The molecule has 1 fully saturated rings. The van der Waals surface area contributed by atoms with Gasteiger partial charge in [-0.1, -0.05) is 30.3 Å². The van der Waals surface area contributed by atoms with Gasteiger partial charge in [-0.2, -0.15) is 0 Å². The molecule has 1 amide bonds. The van der Waals surface area contributed by atoms with Crippen LogP contribution in [0.5, 0.6) is 0 Å². The van der Waals surface area contributed by atoms with Gasteiger partial charge in [0.1, 0.15) is 5.01 Å². The monoisotopic (exact) mass is 314 g/mol. The second-order valence-corrected chi connectivity index (χ2v) is 6.80. The predicted molar refractivity (Wildman–Crippen MR) is 89.9 cm³/mol. The molecule has 4 heteroatoms. The highest BCUT2D eigenvalue weighted by Crippen LogP contribution is 2.33. The van der Waals surface area contributed by atoms with Crippen LogP contribution in [0.4, 0.5) is 0 Å². The van der Waals surface area contributed by atoms with Gasteiger partial charge in [0.05, 0.1) is 6.04 Å². The van der Waals surface area contributed by atoms with Gasteiger partial charge in [0.2, 0.25) is 5.91 Å². The number of likely N-dealkylation sites (tertiary alicyclic amines) is 1. The Morgan fingerprint density at radius 3 is 2.86 bits per heavy atom. The Hall–Kier alpha value is -1.68. The summed E-state index contributed by atoms with van der Waals surface area (Å²) in [7, 11) is 0. The Kier molecular flexibility index (Phi) is 4.88. The van der Waals surface area contributed by atoms with Gasteiger partial charge in [0, 0.05) is 24.0 Å². The molecule has 0 bridgehead atoms. The minimum absolute atomic E-state index is 0.190. The van der Waals surface area contributed by atoms with Crippen LogP contribution in [-0.4, -0.2) is 22.3 Å². The molecule has 0 aliphatic carbocycles. The fraction of sp³-hybridized carbons (Fsp3) is 0.444. The number of benzene rings is 1. The van der Waals surface area contributed by atoms with Crippen LogP contribution in [0.25, 0.3) is 0 Å². The van der Waals surface area contributed by atoms with Crippen LogP contribution in [-0.2, 0) is 11.2 Å². The van der Waals surface area contributed by atoms with Crippen molar-refractivity contribution in [1.82, 2.24) is 9.88 Å². The summed E-state index contributed by atoms with van der Waals surface area (Å²) in [6.07, 6.45) is 4.75. The molecule has 0 saturated carbocycles. The fourth-order valence-electron chi connectivity index (χ4n) is 3.05. The van der Waals surface area contributed by atoms with Gasteiger partial charge >= 0.3 is 0 Å². The molecule has 1 aromatic carbocycles. The highest BCUT2D eigenvalue weighted by atomic mass is 32.1. The fourth-order valence-corrected chi connectivity index (χ4v) is 3.99. The number of rotatable bonds is 4. The van der Waals surface area contributed by atoms with E-state index >= 15 is 0 Å². The normalized spacial score (nSPS) is 18.4. The van der Waals surface area contributed by atoms with E-state index in [1.807, 2.05) is 25.1 Å². The lowest BCUT2D eigenvalue weighted by atomic mass is 10.0. The molecule has 2 heterocycles. The molecule has 116 valence electrons.